The molecule has 0 spiro atoms. The van der Waals surface area contributed by atoms with Crippen LogP contribution >= 0.6 is 0 Å². The zero-order chi connectivity index (χ0) is 10.1. The molecule has 3 nitrogen and oxygen atoms in total. The van der Waals surface area contributed by atoms with Gasteiger partial charge in [0.1, 0.15) is 0 Å². The maximum atomic E-state index is 11.1. The van der Waals surface area contributed by atoms with Crippen molar-refractivity contribution in [2.24, 2.45) is 17.3 Å². The summed E-state index contributed by atoms with van der Waals surface area (Å²) in [5, 5.41) is 12.4. The molecule has 2 unspecified atom stereocenters. The molecular formula is C10H19NO2. The third-order valence-electron chi connectivity index (χ3n) is 2.77. The topological polar surface area (TPSA) is 49.3 Å². The third kappa shape index (κ3) is 2.44. The summed E-state index contributed by atoms with van der Waals surface area (Å²) in [5.74, 6) is -0.568. The molecule has 3 heteroatoms. The Hall–Kier alpha value is -0.570. The van der Waals surface area contributed by atoms with Crippen LogP contribution in [0.15, 0.2) is 0 Å². The molecule has 13 heavy (non-hydrogen) atoms. The van der Waals surface area contributed by atoms with Gasteiger partial charge in [0.25, 0.3) is 0 Å². The molecule has 0 aromatic carbocycles. The molecule has 1 saturated heterocycles. The minimum Gasteiger partial charge on any atom is -0.481 e. The molecule has 76 valence electrons. The minimum atomic E-state index is -0.652. The summed E-state index contributed by atoms with van der Waals surface area (Å²) in [6, 6.07) is 0. The SMILES string of the molecule is CC(C)(C)C(C(=O)O)C1CCNC1. The van der Waals surface area contributed by atoms with E-state index in [1.807, 2.05) is 20.8 Å². The van der Waals surface area contributed by atoms with Gasteiger partial charge in [-0.15, -0.1) is 0 Å². The average Bonchev–Trinajstić information content (AvgIpc) is 2.34. The zero-order valence-electron chi connectivity index (χ0n) is 8.63. The van der Waals surface area contributed by atoms with Crippen molar-refractivity contribution in [3.8, 4) is 0 Å². The summed E-state index contributed by atoms with van der Waals surface area (Å²) >= 11 is 0. The Bertz CT molecular complexity index is 190. The minimum absolute atomic E-state index is 0.136. The predicted molar refractivity (Wildman–Crippen MR) is 51.6 cm³/mol. The summed E-state index contributed by atoms with van der Waals surface area (Å²) in [5.41, 5.74) is -0.136. The largest absolute Gasteiger partial charge is 0.481 e. The van der Waals surface area contributed by atoms with E-state index in [1.54, 1.807) is 0 Å². The van der Waals surface area contributed by atoms with Gasteiger partial charge in [-0.25, -0.2) is 0 Å². The number of rotatable bonds is 2. The number of carbonyl (C=O) groups is 1. The van der Waals surface area contributed by atoms with Gasteiger partial charge in [0.05, 0.1) is 5.92 Å². The number of hydrogen-bond acceptors (Lipinski definition) is 2. The molecule has 0 radical (unpaired) electrons. The number of carboxylic acids is 1. The molecule has 1 rings (SSSR count). The van der Waals surface area contributed by atoms with E-state index in [0.29, 0.717) is 5.92 Å². The van der Waals surface area contributed by atoms with Gasteiger partial charge in [-0.1, -0.05) is 20.8 Å². The van der Waals surface area contributed by atoms with Crippen LogP contribution < -0.4 is 5.32 Å². The molecule has 0 aliphatic carbocycles. The molecule has 0 aromatic heterocycles. The van der Waals surface area contributed by atoms with Crippen LogP contribution in [-0.2, 0) is 4.79 Å². The van der Waals surface area contributed by atoms with E-state index in [-0.39, 0.29) is 11.3 Å². The maximum Gasteiger partial charge on any atom is 0.307 e. The molecular weight excluding hydrogens is 166 g/mol. The number of aliphatic carboxylic acids is 1. The van der Waals surface area contributed by atoms with Gasteiger partial charge < -0.3 is 10.4 Å². The summed E-state index contributed by atoms with van der Waals surface area (Å²) < 4.78 is 0. The van der Waals surface area contributed by atoms with E-state index in [9.17, 15) is 4.79 Å². The van der Waals surface area contributed by atoms with Crippen LogP contribution in [-0.4, -0.2) is 24.2 Å². The van der Waals surface area contributed by atoms with Gasteiger partial charge in [-0.05, 0) is 30.8 Å². The second-order valence-electron chi connectivity index (χ2n) is 4.93. The van der Waals surface area contributed by atoms with Crippen LogP contribution in [0.4, 0.5) is 0 Å². The fourth-order valence-electron chi connectivity index (χ4n) is 2.24. The molecule has 0 bridgehead atoms. The van der Waals surface area contributed by atoms with Gasteiger partial charge in [-0.2, -0.15) is 0 Å². The van der Waals surface area contributed by atoms with Crippen LogP contribution in [0.1, 0.15) is 27.2 Å². The first kappa shape index (κ1) is 10.5. The highest BCUT2D eigenvalue weighted by Crippen LogP contribution is 2.35. The molecule has 0 aromatic rings. The second kappa shape index (κ2) is 3.66. The van der Waals surface area contributed by atoms with Crippen LogP contribution in [0.25, 0.3) is 0 Å². The smallest absolute Gasteiger partial charge is 0.307 e. The maximum absolute atomic E-state index is 11.1. The lowest BCUT2D eigenvalue weighted by Crippen LogP contribution is -2.36. The van der Waals surface area contributed by atoms with Gasteiger partial charge >= 0.3 is 5.97 Å². The van der Waals surface area contributed by atoms with Crippen molar-refractivity contribution in [3.63, 3.8) is 0 Å². The van der Waals surface area contributed by atoms with Crippen molar-refractivity contribution in [1.82, 2.24) is 5.32 Å². The van der Waals surface area contributed by atoms with E-state index in [0.717, 1.165) is 19.5 Å². The Balaban J connectivity index is 2.72. The molecule has 1 aliphatic heterocycles. The molecule has 1 fully saturated rings. The lowest BCUT2D eigenvalue weighted by Gasteiger charge is -2.31. The Morgan fingerprint density at radius 1 is 1.54 bits per heavy atom. The Kier molecular flexibility index (Phi) is 2.96. The monoisotopic (exact) mass is 185 g/mol. The average molecular weight is 185 g/mol. The molecule has 1 aliphatic rings. The fraction of sp³-hybridized carbons (Fsp3) is 0.900. The van der Waals surface area contributed by atoms with Crippen LogP contribution in [0, 0.1) is 17.3 Å². The quantitative estimate of drug-likeness (QED) is 0.682. The van der Waals surface area contributed by atoms with Crippen molar-refractivity contribution in [3.05, 3.63) is 0 Å². The van der Waals surface area contributed by atoms with E-state index in [1.165, 1.54) is 0 Å². The molecule has 2 atom stereocenters. The van der Waals surface area contributed by atoms with E-state index in [4.69, 9.17) is 5.11 Å². The van der Waals surface area contributed by atoms with Gasteiger partial charge in [0, 0.05) is 0 Å². The van der Waals surface area contributed by atoms with Crippen LogP contribution in [0.2, 0.25) is 0 Å². The first-order valence-electron chi connectivity index (χ1n) is 4.86. The standard InChI is InChI=1S/C10H19NO2/c1-10(2,3)8(9(12)13)7-4-5-11-6-7/h7-8,11H,4-6H2,1-3H3,(H,12,13). The van der Waals surface area contributed by atoms with E-state index in [2.05, 4.69) is 5.32 Å². The van der Waals surface area contributed by atoms with E-state index < -0.39 is 5.97 Å². The van der Waals surface area contributed by atoms with Gasteiger partial charge in [0.15, 0.2) is 0 Å². The molecule has 0 amide bonds. The zero-order valence-corrected chi connectivity index (χ0v) is 8.63. The van der Waals surface area contributed by atoms with E-state index >= 15 is 0 Å². The number of hydrogen-bond donors (Lipinski definition) is 2. The Morgan fingerprint density at radius 2 is 2.15 bits per heavy atom. The summed E-state index contributed by atoms with van der Waals surface area (Å²) in [7, 11) is 0. The highest BCUT2D eigenvalue weighted by molar-refractivity contribution is 5.71. The normalized spacial score (nSPS) is 25.9. The number of carboxylic acid groups (broad SMARTS) is 1. The van der Waals surface area contributed by atoms with Gasteiger partial charge in [0.2, 0.25) is 0 Å². The predicted octanol–water partition coefficient (Wildman–Crippen LogP) is 1.34. The van der Waals surface area contributed by atoms with Crippen molar-refractivity contribution in [2.45, 2.75) is 27.2 Å². The molecule has 1 heterocycles. The third-order valence-corrected chi connectivity index (χ3v) is 2.77. The molecule has 0 saturated carbocycles. The first-order valence-corrected chi connectivity index (χ1v) is 4.86. The Labute approximate surface area is 79.5 Å². The Morgan fingerprint density at radius 3 is 2.46 bits per heavy atom. The van der Waals surface area contributed by atoms with Gasteiger partial charge in [-0.3, -0.25) is 4.79 Å². The fourth-order valence-corrected chi connectivity index (χ4v) is 2.24. The van der Waals surface area contributed by atoms with Crippen molar-refractivity contribution in [2.75, 3.05) is 13.1 Å². The van der Waals surface area contributed by atoms with Crippen LogP contribution in [0.5, 0.6) is 0 Å². The summed E-state index contributed by atoms with van der Waals surface area (Å²) in [6.45, 7) is 7.83. The van der Waals surface area contributed by atoms with Crippen molar-refractivity contribution >= 4 is 5.97 Å². The first-order chi connectivity index (χ1) is 5.93. The summed E-state index contributed by atoms with van der Waals surface area (Å²) in [4.78, 5) is 11.1. The van der Waals surface area contributed by atoms with Crippen molar-refractivity contribution in [1.29, 1.82) is 0 Å². The second-order valence-corrected chi connectivity index (χ2v) is 4.93. The lowest BCUT2D eigenvalue weighted by atomic mass is 9.73. The van der Waals surface area contributed by atoms with Crippen molar-refractivity contribution < 1.29 is 9.90 Å². The highest BCUT2D eigenvalue weighted by atomic mass is 16.4. The lowest BCUT2D eigenvalue weighted by molar-refractivity contribution is -0.147. The highest BCUT2D eigenvalue weighted by Gasteiger charge is 2.38. The number of nitrogens with one attached hydrogen (secondary N) is 1. The molecule has 2 N–H and O–H groups in total. The van der Waals surface area contributed by atoms with Crippen LogP contribution in [0.3, 0.4) is 0 Å². The summed E-state index contributed by atoms with van der Waals surface area (Å²) in [6.07, 6.45) is 0.994.